The molecule has 0 aliphatic rings. The van der Waals surface area contributed by atoms with E-state index in [9.17, 15) is 0 Å². The molecule has 0 atom stereocenters. The molecule has 0 aromatic heterocycles. The molecule has 0 unspecified atom stereocenters. The molecule has 1 aromatic rings. The summed E-state index contributed by atoms with van der Waals surface area (Å²) in [5.74, 6) is 0. The zero-order valence-corrected chi connectivity index (χ0v) is 11.5. The van der Waals surface area contributed by atoms with E-state index in [4.69, 9.17) is 5.11 Å². The van der Waals surface area contributed by atoms with Crippen molar-refractivity contribution >= 4 is 0 Å². The predicted molar refractivity (Wildman–Crippen MR) is 80.6 cm³/mol. The first-order valence-corrected chi connectivity index (χ1v) is 6.31. The zero-order valence-electron chi connectivity index (χ0n) is 11.5. The van der Waals surface area contributed by atoms with Gasteiger partial charge in [0.2, 0.25) is 0 Å². The van der Waals surface area contributed by atoms with Crippen LogP contribution in [0, 0.1) is 0 Å². The Labute approximate surface area is 111 Å². The fraction of sp³-hybridized carbons (Fsp3) is 0.294. The van der Waals surface area contributed by atoms with E-state index in [-0.39, 0.29) is 6.61 Å². The lowest BCUT2D eigenvalue weighted by Crippen LogP contribution is -1.87. The van der Waals surface area contributed by atoms with Crippen molar-refractivity contribution in [2.45, 2.75) is 26.7 Å². The van der Waals surface area contributed by atoms with Crippen molar-refractivity contribution in [1.29, 1.82) is 0 Å². The van der Waals surface area contributed by atoms with Crippen molar-refractivity contribution in [1.82, 2.24) is 0 Å². The highest BCUT2D eigenvalue weighted by molar-refractivity contribution is 5.19. The summed E-state index contributed by atoms with van der Waals surface area (Å²) in [5.41, 5.74) is 2.54. The summed E-state index contributed by atoms with van der Waals surface area (Å²) in [6.07, 6.45) is 9.66. The summed E-state index contributed by atoms with van der Waals surface area (Å²) >= 11 is 0. The molecular weight excluding hydrogens is 220 g/mol. The molecule has 0 saturated heterocycles. The van der Waals surface area contributed by atoms with Crippen molar-refractivity contribution in [2.24, 2.45) is 0 Å². The molecule has 0 bridgehead atoms. The molecular formula is C17H24O. The standard InChI is InChI=1S/C9H12O.C8H12/c10-8-4-7-9-5-2-1-3-6-9;1-4-6-8(3)7-5-2/h1-3,5-6,10H,4,7-8H2;4-7H,1H2,2-3H3/b;7-5-,8-6-. The maximum absolute atomic E-state index is 8.53. The predicted octanol–water partition coefficient (Wildman–Crippen LogP) is 4.31. The van der Waals surface area contributed by atoms with Crippen molar-refractivity contribution in [3.63, 3.8) is 0 Å². The van der Waals surface area contributed by atoms with E-state index < -0.39 is 0 Å². The average molecular weight is 244 g/mol. The summed E-state index contributed by atoms with van der Waals surface area (Å²) < 4.78 is 0. The maximum atomic E-state index is 8.53. The molecule has 0 spiro atoms. The molecule has 1 aromatic carbocycles. The third kappa shape index (κ3) is 9.61. The van der Waals surface area contributed by atoms with Crippen LogP contribution >= 0.6 is 0 Å². The molecule has 0 radical (unpaired) electrons. The molecule has 0 amide bonds. The van der Waals surface area contributed by atoms with E-state index in [1.54, 1.807) is 6.08 Å². The lowest BCUT2D eigenvalue weighted by Gasteiger charge is -1.96. The van der Waals surface area contributed by atoms with Crippen LogP contribution in [0.4, 0.5) is 0 Å². The van der Waals surface area contributed by atoms with Gasteiger partial charge in [-0.25, -0.2) is 0 Å². The van der Waals surface area contributed by atoms with Crippen LogP contribution in [-0.4, -0.2) is 11.7 Å². The van der Waals surface area contributed by atoms with Crippen LogP contribution in [0.5, 0.6) is 0 Å². The summed E-state index contributed by atoms with van der Waals surface area (Å²) in [4.78, 5) is 0. The van der Waals surface area contributed by atoms with Gasteiger partial charge in [0.15, 0.2) is 0 Å². The third-order valence-corrected chi connectivity index (χ3v) is 2.28. The normalized spacial score (nSPS) is 10.9. The zero-order chi connectivity index (χ0) is 13.6. The van der Waals surface area contributed by atoms with Crippen molar-refractivity contribution in [3.8, 4) is 0 Å². The van der Waals surface area contributed by atoms with Gasteiger partial charge < -0.3 is 5.11 Å². The van der Waals surface area contributed by atoms with Gasteiger partial charge in [-0.2, -0.15) is 0 Å². The lowest BCUT2D eigenvalue weighted by molar-refractivity contribution is 0.288. The highest BCUT2D eigenvalue weighted by Gasteiger charge is 1.88. The Morgan fingerprint density at radius 2 is 1.94 bits per heavy atom. The van der Waals surface area contributed by atoms with E-state index in [1.807, 2.05) is 50.3 Å². The largest absolute Gasteiger partial charge is 0.396 e. The first-order chi connectivity index (χ1) is 8.74. The Kier molecular flexibility index (Phi) is 10.8. The number of benzene rings is 1. The molecule has 1 nitrogen and oxygen atoms in total. The second kappa shape index (κ2) is 11.9. The van der Waals surface area contributed by atoms with Gasteiger partial charge >= 0.3 is 0 Å². The van der Waals surface area contributed by atoms with Gasteiger partial charge in [0.25, 0.3) is 0 Å². The molecule has 0 heterocycles. The highest BCUT2D eigenvalue weighted by Crippen LogP contribution is 2.00. The average Bonchev–Trinajstić information content (AvgIpc) is 2.39. The van der Waals surface area contributed by atoms with Crippen LogP contribution in [0.25, 0.3) is 0 Å². The van der Waals surface area contributed by atoms with Crippen LogP contribution in [0.15, 0.2) is 66.8 Å². The van der Waals surface area contributed by atoms with Gasteiger partial charge in [-0.3, -0.25) is 0 Å². The number of aliphatic hydroxyl groups excluding tert-OH is 1. The SMILES string of the molecule is C=C/C=C(C)\C=C/C.OCCCc1ccccc1. The third-order valence-electron chi connectivity index (χ3n) is 2.28. The molecule has 0 saturated carbocycles. The van der Waals surface area contributed by atoms with E-state index >= 15 is 0 Å². The smallest absolute Gasteiger partial charge is 0.0434 e. The number of aryl methyl sites for hydroxylation is 1. The van der Waals surface area contributed by atoms with Crippen molar-refractivity contribution in [3.05, 3.63) is 72.4 Å². The van der Waals surface area contributed by atoms with Crippen LogP contribution in [0.2, 0.25) is 0 Å². The summed E-state index contributed by atoms with van der Waals surface area (Å²) in [6, 6.07) is 10.2. The number of allylic oxidation sites excluding steroid dienone is 5. The highest BCUT2D eigenvalue weighted by atomic mass is 16.2. The van der Waals surface area contributed by atoms with Crippen LogP contribution in [0.3, 0.4) is 0 Å². The van der Waals surface area contributed by atoms with Gasteiger partial charge in [-0.1, -0.05) is 66.8 Å². The van der Waals surface area contributed by atoms with E-state index in [0.717, 1.165) is 12.8 Å². The Morgan fingerprint density at radius 3 is 2.44 bits per heavy atom. The minimum Gasteiger partial charge on any atom is -0.396 e. The number of rotatable bonds is 5. The fourth-order valence-corrected chi connectivity index (χ4v) is 1.43. The van der Waals surface area contributed by atoms with Gasteiger partial charge in [0, 0.05) is 6.61 Å². The fourth-order valence-electron chi connectivity index (χ4n) is 1.43. The summed E-state index contributed by atoms with van der Waals surface area (Å²) in [7, 11) is 0. The molecule has 18 heavy (non-hydrogen) atoms. The quantitative estimate of drug-likeness (QED) is 0.765. The Bertz CT molecular complexity index is 360. The maximum Gasteiger partial charge on any atom is 0.0434 e. The second-order valence-corrected chi connectivity index (χ2v) is 3.96. The summed E-state index contributed by atoms with van der Waals surface area (Å²) in [5, 5.41) is 8.53. The van der Waals surface area contributed by atoms with Crippen LogP contribution in [-0.2, 0) is 6.42 Å². The lowest BCUT2D eigenvalue weighted by atomic mass is 10.1. The van der Waals surface area contributed by atoms with Crippen LogP contribution < -0.4 is 0 Å². The Hall–Kier alpha value is -1.60. The summed E-state index contributed by atoms with van der Waals surface area (Å²) in [6.45, 7) is 7.90. The molecule has 1 heteroatoms. The molecule has 0 aliphatic carbocycles. The number of hydrogen-bond acceptors (Lipinski definition) is 1. The van der Waals surface area contributed by atoms with Gasteiger partial charge in [0.1, 0.15) is 0 Å². The van der Waals surface area contributed by atoms with Gasteiger partial charge in [-0.15, -0.1) is 0 Å². The Morgan fingerprint density at radius 1 is 1.28 bits per heavy atom. The van der Waals surface area contributed by atoms with Gasteiger partial charge in [0.05, 0.1) is 0 Å². The first-order valence-electron chi connectivity index (χ1n) is 6.31. The second-order valence-electron chi connectivity index (χ2n) is 3.96. The minimum absolute atomic E-state index is 0.287. The molecule has 98 valence electrons. The monoisotopic (exact) mass is 244 g/mol. The molecule has 0 aliphatic heterocycles. The van der Waals surface area contributed by atoms with E-state index in [2.05, 4.69) is 18.7 Å². The minimum atomic E-state index is 0.287. The number of hydrogen-bond donors (Lipinski definition) is 1. The topological polar surface area (TPSA) is 20.2 Å². The van der Waals surface area contributed by atoms with Crippen LogP contribution in [0.1, 0.15) is 25.8 Å². The molecule has 0 fully saturated rings. The van der Waals surface area contributed by atoms with E-state index in [0.29, 0.717) is 0 Å². The number of aliphatic hydroxyl groups is 1. The van der Waals surface area contributed by atoms with Gasteiger partial charge in [-0.05, 0) is 32.3 Å². The van der Waals surface area contributed by atoms with E-state index in [1.165, 1.54) is 11.1 Å². The van der Waals surface area contributed by atoms with Crippen molar-refractivity contribution < 1.29 is 5.11 Å². The molecule has 1 rings (SSSR count). The Balaban J connectivity index is 0.000000331. The first kappa shape index (κ1) is 16.4. The molecule has 1 N–H and O–H groups in total. The van der Waals surface area contributed by atoms with Crippen molar-refractivity contribution in [2.75, 3.05) is 6.61 Å².